The van der Waals surface area contributed by atoms with Gasteiger partial charge in [0.25, 0.3) is 10.0 Å². The first-order valence-corrected chi connectivity index (χ1v) is 8.16. The van der Waals surface area contributed by atoms with Crippen LogP contribution in [0.5, 0.6) is 5.75 Å². The molecule has 6 nitrogen and oxygen atoms in total. The third kappa shape index (κ3) is 3.55. The second kappa shape index (κ2) is 6.17. The number of aromatic nitrogens is 2. The van der Waals surface area contributed by atoms with Crippen LogP contribution in [0.15, 0.2) is 29.2 Å². The first-order valence-electron chi connectivity index (χ1n) is 6.68. The van der Waals surface area contributed by atoms with E-state index in [4.69, 9.17) is 4.74 Å². The number of rotatable bonds is 6. The maximum atomic E-state index is 12.3. The van der Waals surface area contributed by atoms with E-state index >= 15 is 0 Å². The van der Waals surface area contributed by atoms with Crippen molar-refractivity contribution in [2.75, 3.05) is 11.8 Å². The van der Waals surface area contributed by atoms with Crippen molar-refractivity contribution in [2.45, 2.75) is 31.6 Å². The quantitative estimate of drug-likeness (QED) is 0.858. The number of benzene rings is 1. The van der Waals surface area contributed by atoms with E-state index in [1.807, 2.05) is 6.92 Å². The lowest BCUT2D eigenvalue weighted by Gasteiger charge is -2.08. The summed E-state index contributed by atoms with van der Waals surface area (Å²) in [4.78, 5) is 0.181. The van der Waals surface area contributed by atoms with Crippen LogP contribution in [0.3, 0.4) is 0 Å². The molecule has 0 atom stereocenters. The van der Waals surface area contributed by atoms with Gasteiger partial charge in [-0.3, -0.25) is 9.82 Å². The maximum Gasteiger partial charge on any atom is 0.263 e. The Morgan fingerprint density at radius 1 is 1.33 bits per heavy atom. The molecule has 0 spiro atoms. The van der Waals surface area contributed by atoms with E-state index in [2.05, 4.69) is 14.9 Å². The molecule has 0 unspecified atom stereocenters. The van der Waals surface area contributed by atoms with Gasteiger partial charge < -0.3 is 4.74 Å². The predicted octanol–water partition coefficient (Wildman–Crippen LogP) is 2.48. The van der Waals surface area contributed by atoms with Crippen LogP contribution in [0.2, 0.25) is 0 Å². The summed E-state index contributed by atoms with van der Waals surface area (Å²) in [6, 6.07) is 6.42. The largest absolute Gasteiger partial charge is 0.496 e. The second-order valence-corrected chi connectivity index (χ2v) is 6.45. The highest BCUT2D eigenvalue weighted by atomic mass is 32.2. The number of hydrogen-bond donors (Lipinski definition) is 2. The maximum absolute atomic E-state index is 12.3. The fraction of sp³-hybridized carbons (Fsp3) is 0.357. The van der Waals surface area contributed by atoms with Gasteiger partial charge in [0, 0.05) is 11.8 Å². The molecular formula is C14H19N3O3S. The lowest BCUT2D eigenvalue weighted by molar-refractivity contribution is 0.411. The number of nitrogens with one attached hydrogen (secondary N) is 2. The van der Waals surface area contributed by atoms with E-state index in [9.17, 15) is 8.42 Å². The molecule has 1 aromatic carbocycles. The first-order chi connectivity index (χ1) is 9.96. The summed E-state index contributed by atoms with van der Waals surface area (Å²) in [6.07, 6.45) is 1.79. The molecule has 0 radical (unpaired) electrons. The number of aryl methyl sites for hydroxylation is 2. The molecule has 21 heavy (non-hydrogen) atoms. The van der Waals surface area contributed by atoms with Gasteiger partial charge in [0.15, 0.2) is 5.82 Å². The lowest BCUT2D eigenvalue weighted by atomic mass is 10.2. The zero-order chi connectivity index (χ0) is 15.5. The zero-order valence-corrected chi connectivity index (χ0v) is 13.1. The highest BCUT2D eigenvalue weighted by Gasteiger charge is 2.17. The van der Waals surface area contributed by atoms with Gasteiger partial charge in [-0.1, -0.05) is 13.3 Å². The summed E-state index contributed by atoms with van der Waals surface area (Å²) >= 11 is 0. The second-order valence-electron chi connectivity index (χ2n) is 4.77. The number of methoxy groups -OCH3 is 1. The van der Waals surface area contributed by atoms with Crippen LogP contribution in [-0.2, 0) is 16.4 Å². The fourth-order valence-corrected chi connectivity index (χ4v) is 3.10. The Morgan fingerprint density at radius 3 is 2.71 bits per heavy atom. The summed E-state index contributed by atoms with van der Waals surface area (Å²) in [7, 11) is -2.10. The molecule has 0 aliphatic rings. The van der Waals surface area contributed by atoms with Gasteiger partial charge in [-0.15, -0.1) is 0 Å². The van der Waals surface area contributed by atoms with Crippen LogP contribution < -0.4 is 9.46 Å². The van der Waals surface area contributed by atoms with Gasteiger partial charge in [0.05, 0.1) is 12.0 Å². The Balaban J connectivity index is 2.23. The number of nitrogens with zero attached hydrogens (tertiary/aromatic N) is 1. The van der Waals surface area contributed by atoms with Gasteiger partial charge in [-0.25, -0.2) is 8.42 Å². The van der Waals surface area contributed by atoms with Crippen molar-refractivity contribution in [3.05, 3.63) is 35.5 Å². The summed E-state index contributed by atoms with van der Waals surface area (Å²) in [6.45, 7) is 3.84. The molecule has 2 aromatic rings. The summed E-state index contributed by atoms with van der Waals surface area (Å²) in [5.41, 5.74) is 1.66. The number of aromatic amines is 1. The Labute approximate surface area is 124 Å². The Hall–Kier alpha value is -2.02. The van der Waals surface area contributed by atoms with Crippen LogP contribution in [-0.4, -0.2) is 25.7 Å². The smallest absolute Gasteiger partial charge is 0.263 e. The molecule has 1 aromatic heterocycles. The molecule has 0 amide bonds. The minimum atomic E-state index is -3.65. The molecule has 2 rings (SSSR count). The van der Waals surface area contributed by atoms with Crippen molar-refractivity contribution in [2.24, 2.45) is 0 Å². The number of ether oxygens (including phenoxy) is 1. The van der Waals surface area contributed by atoms with Crippen LogP contribution in [0.4, 0.5) is 5.82 Å². The fourth-order valence-electron chi connectivity index (χ4n) is 2.03. The number of hydrogen-bond acceptors (Lipinski definition) is 4. The zero-order valence-electron chi connectivity index (χ0n) is 12.3. The predicted molar refractivity (Wildman–Crippen MR) is 81.1 cm³/mol. The van der Waals surface area contributed by atoms with Crippen LogP contribution in [0, 0.1) is 6.92 Å². The van der Waals surface area contributed by atoms with E-state index in [-0.39, 0.29) is 4.90 Å². The minimum absolute atomic E-state index is 0.181. The highest BCUT2D eigenvalue weighted by molar-refractivity contribution is 7.92. The molecule has 2 N–H and O–H groups in total. The normalized spacial score (nSPS) is 11.4. The molecular weight excluding hydrogens is 290 g/mol. The van der Waals surface area contributed by atoms with Gasteiger partial charge in [0.1, 0.15) is 5.75 Å². The van der Waals surface area contributed by atoms with Gasteiger partial charge in [-0.05, 0) is 37.1 Å². The van der Waals surface area contributed by atoms with Gasteiger partial charge in [0.2, 0.25) is 0 Å². The van der Waals surface area contributed by atoms with Crippen molar-refractivity contribution in [3.8, 4) is 5.75 Å². The van der Waals surface area contributed by atoms with Crippen LogP contribution >= 0.6 is 0 Å². The van der Waals surface area contributed by atoms with Crippen molar-refractivity contribution in [1.82, 2.24) is 10.2 Å². The minimum Gasteiger partial charge on any atom is -0.496 e. The van der Waals surface area contributed by atoms with Crippen LogP contribution in [0.25, 0.3) is 0 Å². The van der Waals surface area contributed by atoms with E-state index in [0.29, 0.717) is 11.6 Å². The Morgan fingerprint density at radius 2 is 2.10 bits per heavy atom. The molecule has 1 heterocycles. The third-order valence-electron chi connectivity index (χ3n) is 3.07. The molecule has 0 aliphatic heterocycles. The van der Waals surface area contributed by atoms with Gasteiger partial charge >= 0.3 is 0 Å². The van der Waals surface area contributed by atoms with Crippen molar-refractivity contribution >= 4 is 15.8 Å². The monoisotopic (exact) mass is 309 g/mol. The third-order valence-corrected chi connectivity index (χ3v) is 4.42. The van der Waals surface area contributed by atoms with Gasteiger partial charge in [-0.2, -0.15) is 5.10 Å². The number of anilines is 1. The average Bonchev–Trinajstić information content (AvgIpc) is 2.85. The van der Waals surface area contributed by atoms with E-state index in [1.165, 1.54) is 6.07 Å². The summed E-state index contributed by atoms with van der Waals surface area (Å²) in [5, 5.41) is 6.78. The van der Waals surface area contributed by atoms with E-state index < -0.39 is 10.0 Å². The summed E-state index contributed by atoms with van der Waals surface area (Å²) < 4.78 is 32.2. The SMILES string of the molecule is CCCc1cc(NS(=O)(=O)c2ccc(OC)c(C)c2)n[nH]1. The Kier molecular flexibility index (Phi) is 4.52. The molecule has 0 saturated carbocycles. The molecule has 0 aliphatic carbocycles. The van der Waals surface area contributed by atoms with Crippen molar-refractivity contribution in [1.29, 1.82) is 0 Å². The summed E-state index contributed by atoms with van der Waals surface area (Å²) in [5.74, 6) is 0.950. The molecule has 0 saturated heterocycles. The molecule has 0 fully saturated rings. The van der Waals surface area contributed by atoms with E-state index in [1.54, 1.807) is 32.2 Å². The molecule has 0 bridgehead atoms. The number of sulfonamides is 1. The van der Waals surface area contributed by atoms with Crippen molar-refractivity contribution < 1.29 is 13.2 Å². The molecule has 114 valence electrons. The molecule has 7 heteroatoms. The Bertz CT molecular complexity index is 723. The van der Waals surface area contributed by atoms with Crippen molar-refractivity contribution in [3.63, 3.8) is 0 Å². The first kappa shape index (κ1) is 15.4. The number of H-pyrrole nitrogens is 1. The van der Waals surface area contributed by atoms with Crippen LogP contribution in [0.1, 0.15) is 24.6 Å². The lowest BCUT2D eigenvalue weighted by Crippen LogP contribution is -2.13. The standard InChI is InChI=1S/C14H19N3O3S/c1-4-5-11-9-14(16-15-11)17-21(18,19)12-6-7-13(20-3)10(2)8-12/h6-9H,4-5H2,1-3H3,(H2,15,16,17). The average molecular weight is 309 g/mol. The highest BCUT2D eigenvalue weighted by Crippen LogP contribution is 2.22. The van der Waals surface area contributed by atoms with E-state index in [0.717, 1.165) is 24.1 Å². The topological polar surface area (TPSA) is 84.1 Å².